The lowest BCUT2D eigenvalue weighted by molar-refractivity contribution is -0.118. The number of nitrogens with one attached hydrogen (secondary N) is 1. The third-order valence-corrected chi connectivity index (χ3v) is 8.48. The molecule has 4 heterocycles. The quantitative estimate of drug-likeness (QED) is 0.749. The Morgan fingerprint density at radius 2 is 2.16 bits per heavy atom. The fourth-order valence-corrected chi connectivity index (χ4v) is 6.42. The van der Waals surface area contributed by atoms with Gasteiger partial charge in [-0.05, 0) is 55.4 Å². The van der Waals surface area contributed by atoms with Crippen molar-refractivity contribution in [3.05, 3.63) is 51.0 Å². The first-order chi connectivity index (χ1) is 15.6. The van der Waals surface area contributed by atoms with Crippen LogP contribution in [0.3, 0.4) is 0 Å². The van der Waals surface area contributed by atoms with Gasteiger partial charge in [0.05, 0.1) is 18.2 Å². The standard InChI is InChI=1S/C25H31N3O3S/c1-2-18-14-19-23(32-18)8-13-31-25(19)9-11-28(12-10-25)16-17-6-7-21(26-15-17)24(30)27-20-4-3-5-22(20)29/h6-7,14-15,20H,2-5,8-13,16H2,1H3,(H,27,30). The predicted molar refractivity (Wildman–Crippen MR) is 124 cm³/mol. The van der Waals surface area contributed by atoms with Crippen molar-refractivity contribution >= 4 is 23.0 Å². The summed E-state index contributed by atoms with van der Waals surface area (Å²) in [5.74, 6) is -0.135. The Morgan fingerprint density at radius 1 is 1.31 bits per heavy atom. The Balaban J connectivity index is 1.18. The van der Waals surface area contributed by atoms with E-state index in [1.807, 2.05) is 17.4 Å². The third-order valence-electron chi connectivity index (χ3n) is 7.14. The minimum atomic E-state index is -0.344. The average molecular weight is 454 g/mol. The SMILES string of the molecule is CCc1cc2c(s1)CCOC21CCN(Cc2ccc(C(=O)NC3CCCC3=O)nc2)CC1. The van der Waals surface area contributed by atoms with Crippen molar-refractivity contribution in [2.24, 2.45) is 0 Å². The van der Waals surface area contributed by atoms with E-state index in [4.69, 9.17) is 4.74 Å². The fourth-order valence-electron chi connectivity index (χ4n) is 5.24. The number of Topliss-reactive ketones (excluding diaryl/α,β-unsaturated/α-hetero) is 1. The minimum absolute atomic E-state index is 0.105. The summed E-state index contributed by atoms with van der Waals surface area (Å²) in [4.78, 5) is 34.0. The van der Waals surface area contributed by atoms with Crippen LogP contribution in [0.4, 0.5) is 0 Å². The number of piperidine rings is 1. The lowest BCUT2D eigenvalue weighted by Gasteiger charge is -2.44. The number of carbonyl (C=O) groups excluding carboxylic acids is 2. The van der Waals surface area contributed by atoms with Gasteiger partial charge in [0.2, 0.25) is 0 Å². The van der Waals surface area contributed by atoms with Gasteiger partial charge in [0.25, 0.3) is 5.91 Å². The second-order valence-electron chi connectivity index (χ2n) is 9.21. The van der Waals surface area contributed by atoms with E-state index in [9.17, 15) is 9.59 Å². The second-order valence-corrected chi connectivity index (χ2v) is 10.4. The molecule has 6 nitrogen and oxygen atoms in total. The summed E-state index contributed by atoms with van der Waals surface area (Å²) in [5.41, 5.74) is 2.82. The van der Waals surface area contributed by atoms with Crippen molar-refractivity contribution in [3.8, 4) is 0 Å². The fraction of sp³-hybridized carbons (Fsp3) is 0.560. The number of ether oxygens (including phenoxy) is 1. The number of ketones is 1. The number of thiophene rings is 1. The Hall–Kier alpha value is -2.09. The van der Waals surface area contributed by atoms with Gasteiger partial charge in [-0.1, -0.05) is 13.0 Å². The molecule has 2 fully saturated rings. The maximum atomic E-state index is 12.4. The molecule has 0 radical (unpaired) electrons. The molecule has 5 rings (SSSR count). The van der Waals surface area contributed by atoms with Crippen LogP contribution < -0.4 is 5.32 Å². The number of nitrogens with zero attached hydrogens (tertiary/aromatic N) is 2. The van der Waals surface area contributed by atoms with Crippen LogP contribution in [-0.4, -0.2) is 47.3 Å². The number of aromatic nitrogens is 1. The Bertz CT molecular complexity index is 992. The number of pyridine rings is 1. The Labute approximate surface area is 193 Å². The zero-order valence-electron chi connectivity index (χ0n) is 18.7. The summed E-state index contributed by atoms with van der Waals surface area (Å²) in [6.45, 7) is 5.86. The number of aryl methyl sites for hydroxylation is 1. The molecule has 1 N–H and O–H groups in total. The van der Waals surface area contributed by atoms with Crippen molar-refractivity contribution in [1.29, 1.82) is 0 Å². The molecule has 0 aromatic carbocycles. The molecule has 32 heavy (non-hydrogen) atoms. The van der Waals surface area contributed by atoms with Crippen LogP contribution >= 0.6 is 11.3 Å². The largest absolute Gasteiger partial charge is 0.370 e. The van der Waals surface area contributed by atoms with Crippen LogP contribution in [0.5, 0.6) is 0 Å². The first kappa shape index (κ1) is 21.7. The van der Waals surface area contributed by atoms with Gasteiger partial charge in [-0.3, -0.25) is 19.5 Å². The van der Waals surface area contributed by atoms with E-state index in [0.29, 0.717) is 12.1 Å². The molecule has 2 aromatic rings. The van der Waals surface area contributed by atoms with Crippen molar-refractivity contribution < 1.29 is 14.3 Å². The number of rotatable bonds is 5. The van der Waals surface area contributed by atoms with Crippen molar-refractivity contribution in [3.63, 3.8) is 0 Å². The summed E-state index contributed by atoms with van der Waals surface area (Å²) in [7, 11) is 0. The van der Waals surface area contributed by atoms with Gasteiger partial charge in [-0.25, -0.2) is 0 Å². The molecule has 1 spiro atoms. The molecule has 1 atom stereocenters. The van der Waals surface area contributed by atoms with E-state index in [1.165, 1.54) is 15.3 Å². The van der Waals surface area contributed by atoms with Crippen LogP contribution in [0.15, 0.2) is 24.4 Å². The highest BCUT2D eigenvalue weighted by Crippen LogP contribution is 2.44. The van der Waals surface area contributed by atoms with Gasteiger partial charge in [0.15, 0.2) is 5.78 Å². The zero-order valence-corrected chi connectivity index (χ0v) is 19.5. The van der Waals surface area contributed by atoms with E-state index in [2.05, 4.69) is 28.2 Å². The van der Waals surface area contributed by atoms with Crippen LogP contribution in [0.25, 0.3) is 0 Å². The molecule has 1 aliphatic carbocycles. The smallest absolute Gasteiger partial charge is 0.270 e. The topological polar surface area (TPSA) is 71.5 Å². The van der Waals surface area contributed by atoms with Crippen molar-refractivity contribution in [1.82, 2.24) is 15.2 Å². The second kappa shape index (κ2) is 9.04. The highest BCUT2D eigenvalue weighted by Gasteiger charge is 2.41. The molecular weight excluding hydrogens is 422 g/mol. The van der Waals surface area contributed by atoms with E-state index in [1.54, 1.807) is 12.3 Å². The van der Waals surface area contributed by atoms with Crippen LogP contribution in [0, 0.1) is 0 Å². The lowest BCUT2D eigenvalue weighted by atomic mass is 9.82. The van der Waals surface area contributed by atoms with Crippen molar-refractivity contribution in [2.45, 2.75) is 70.1 Å². The normalized spacial score (nSPS) is 22.8. The third kappa shape index (κ3) is 4.26. The highest BCUT2D eigenvalue weighted by molar-refractivity contribution is 7.12. The Kier molecular flexibility index (Phi) is 6.14. The zero-order chi connectivity index (χ0) is 22.1. The van der Waals surface area contributed by atoms with Crippen LogP contribution in [-0.2, 0) is 34.5 Å². The molecule has 2 aromatic heterocycles. The molecule has 170 valence electrons. The molecule has 3 aliphatic rings. The number of likely N-dealkylation sites (tertiary alicyclic amines) is 1. The summed E-state index contributed by atoms with van der Waals surface area (Å²) in [6.07, 6.45) is 8.11. The van der Waals surface area contributed by atoms with E-state index >= 15 is 0 Å². The maximum absolute atomic E-state index is 12.4. The van der Waals surface area contributed by atoms with Gasteiger partial charge >= 0.3 is 0 Å². The molecule has 1 saturated carbocycles. The highest BCUT2D eigenvalue weighted by atomic mass is 32.1. The number of amides is 1. The number of fused-ring (bicyclic) bond motifs is 2. The number of hydrogen-bond donors (Lipinski definition) is 1. The Morgan fingerprint density at radius 3 is 2.84 bits per heavy atom. The molecule has 1 unspecified atom stereocenters. The summed E-state index contributed by atoms with van der Waals surface area (Å²) in [6, 6.07) is 5.79. The minimum Gasteiger partial charge on any atom is -0.370 e. The molecule has 2 aliphatic heterocycles. The lowest BCUT2D eigenvalue weighted by Crippen LogP contribution is -2.45. The van der Waals surface area contributed by atoms with E-state index < -0.39 is 0 Å². The average Bonchev–Trinajstić information content (AvgIpc) is 3.43. The molecular formula is C25H31N3O3S. The number of carbonyl (C=O) groups is 2. The van der Waals surface area contributed by atoms with Gasteiger partial charge < -0.3 is 10.1 Å². The van der Waals surface area contributed by atoms with Gasteiger partial charge in [0.1, 0.15) is 5.69 Å². The monoisotopic (exact) mass is 453 g/mol. The molecule has 7 heteroatoms. The van der Waals surface area contributed by atoms with E-state index in [0.717, 1.165) is 70.3 Å². The molecule has 0 bridgehead atoms. The van der Waals surface area contributed by atoms with Crippen LogP contribution in [0.1, 0.15) is 70.4 Å². The first-order valence-corrected chi connectivity index (χ1v) is 12.6. The van der Waals surface area contributed by atoms with E-state index in [-0.39, 0.29) is 23.3 Å². The number of hydrogen-bond acceptors (Lipinski definition) is 6. The van der Waals surface area contributed by atoms with Crippen molar-refractivity contribution in [2.75, 3.05) is 19.7 Å². The van der Waals surface area contributed by atoms with Crippen LogP contribution in [0.2, 0.25) is 0 Å². The molecule has 1 amide bonds. The molecule has 1 saturated heterocycles. The van der Waals surface area contributed by atoms with Gasteiger partial charge in [-0.2, -0.15) is 0 Å². The maximum Gasteiger partial charge on any atom is 0.270 e. The summed E-state index contributed by atoms with van der Waals surface area (Å²) in [5, 5.41) is 2.82. The summed E-state index contributed by atoms with van der Waals surface area (Å²) < 4.78 is 6.39. The first-order valence-electron chi connectivity index (χ1n) is 11.8. The summed E-state index contributed by atoms with van der Waals surface area (Å²) >= 11 is 1.97. The predicted octanol–water partition coefficient (Wildman–Crippen LogP) is 3.62. The van der Waals surface area contributed by atoms with Gasteiger partial charge in [-0.15, -0.1) is 11.3 Å². The van der Waals surface area contributed by atoms with Gasteiger partial charge in [0, 0.05) is 48.4 Å².